The van der Waals surface area contributed by atoms with Crippen LogP contribution in [0.3, 0.4) is 0 Å². The smallest absolute Gasteiger partial charge is 0.127 e. The van der Waals surface area contributed by atoms with Crippen LogP contribution in [0, 0.1) is 6.92 Å². The molecular weight excluding hydrogens is 352 g/mol. The molecule has 1 aliphatic heterocycles. The Morgan fingerprint density at radius 2 is 1.78 bits per heavy atom. The van der Waals surface area contributed by atoms with E-state index in [9.17, 15) is 0 Å². The summed E-state index contributed by atoms with van der Waals surface area (Å²) in [6, 6.07) is 15.1. The number of aryl methyl sites for hydroxylation is 1. The third-order valence-corrected chi connectivity index (χ3v) is 5.05. The largest absolute Gasteiger partial charge is 0.496 e. The van der Waals surface area contributed by atoms with Crippen LogP contribution >= 0.6 is 15.9 Å². The molecule has 4 heteroatoms. The first kappa shape index (κ1) is 16.3. The average Bonchev–Trinajstić information content (AvgIpc) is 2.57. The first-order chi connectivity index (χ1) is 11.2. The molecule has 3 nitrogen and oxygen atoms in total. The van der Waals surface area contributed by atoms with Crippen molar-refractivity contribution in [3.63, 3.8) is 0 Å². The molecule has 1 fully saturated rings. The Kier molecular flexibility index (Phi) is 5.23. The van der Waals surface area contributed by atoms with Gasteiger partial charge in [0.05, 0.1) is 33.3 Å². The molecule has 1 saturated heterocycles. The number of ether oxygens (including phenoxy) is 1. The number of piperazine rings is 1. The minimum atomic E-state index is 0.988. The van der Waals surface area contributed by atoms with Gasteiger partial charge in [0.2, 0.25) is 0 Å². The molecule has 0 radical (unpaired) electrons. The predicted octanol–water partition coefficient (Wildman–Crippen LogP) is 2.67. The van der Waals surface area contributed by atoms with Crippen molar-refractivity contribution in [3.05, 3.63) is 58.1 Å². The summed E-state index contributed by atoms with van der Waals surface area (Å²) < 4.78 is 6.62. The van der Waals surface area contributed by atoms with Crippen LogP contribution < -0.4 is 14.5 Å². The van der Waals surface area contributed by atoms with Gasteiger partial charge in [0.1, 0.15) is 12.3 Å². The van der Waals surface area contributed by atoms with Gasteiger partial charge in [0.15, 0.2) is 0 Å². The standard InChI is InChI=1S/C19H23BrN2O/c1-15-3-6-18(7-4-15)22-11-9-21(10-12-22)14-16-13-17(20)5-8-19(16)23-2/h3-8,13H,9-12,14H2,1-2H3/p+1. The van der Waals surface area contributed by atoms with Crippen molar-refractivity contribution >= 4 is 21.6 Å². The van der Waals surface area contributed by atoms with Crippen molar-refractivity contribution < 1.29 is 9.64 Å². The second kappa shape index (κ2) is 7.37. The van der Waals surface area contributed by atoms with Gasteiger partial charge in [-0.05, 0) is 37.3 Å². The molecule has 0 aromatic heterocycles. The number of hydrogen-bond donors (Lipinski definition) is 1. The number of benzene rings is 2. The Bertz CT molecular complexity index is 649. The quantitative estimate of drug-likeness (QED) is 0.884. The molecule has 2 aromatic rings. The molecule has 3 rings (SSSR count). The number of hydrogen-bond acceptors (Lipinski definition) is 2. The summed E-state index contributed by atoms with van der Waals surface area (Å²) in [7, 11) is 1.75. The van der Waals surface area contributed by atoms with E-state index in [1.165, 1.54) is 16.8 Å². The van der Waals surface area contributed by atoms with Gasteiger partial charge >= 0.3 is 0 Å². The van der Waals surface area contributed by atoms with Crippen molar-refractivity contribution in [2.24, 2.45) is 0 Å². The van der Waals surface area contributed by atoms with E-state index in [1.807, 2.05) is 12.1 Å². The number of anilines is 1. The Labute approximate surface area is 147 Å². The second-order valence-electron chi connectivity index (χ2n) is 6.21. The number of rotatable bonds is 4. The van der Waals surface area contributed by atoms with Crippen molar-refractivity contribution in [1.82, 2.24) is 0 Å². The van der Waals surface area contributed by atoms with Gasteiger partial charge in [-0.15, -0.1) is 0 Å². The molecular formula is C19H24BrN2O+. The zero-order valence-electron chi connectivity index (χ0n) is 13.8. The Morgan fingerprint density at radius 3 is 2.43 bits per heavy atom. The molecule has 2 aromatic carbocycles. The zero-order chi connectivity index (χ0) is 16.2. The molecule has 1 aliphatic rings. The van der Waals surface area contributed by atoms with Crippen LogP contribution in [0.4, 0.5) is 5.69 Å². The monoisotopic (exact) mass is 375 g/mol. The summed E-state index contributed by atoms with van der Waals surface area (Å²) in [6.07, 6.45) is 0. The Morgan fingerprint density at radius 1 is 1.09 bits per heavy atom. The van der Waals surface area contributed by atoms with E-state index in [0.29, 0.717) is 0 Å². The van der Waals surface area contributed by atoms with E-state index in [-0.39, 0.29) is 0 Å². The summed E-state index contributed by atoms with van der Waals surface area (Å²) in [6.45, 7) is 7.68. The fourth-order valence-corrected chi connectivity index (χ4v) is 3.58. The van der Waals surface area contributed by atoms with Gasteiger partial charge < -0.3 is 14.5 Å². The first-order valence-electron chi connectivity index (χ1n) is 8.13. The maximum absolute atomic E-state index is 5.50. The van der Waals surface area contributed by atoms with Crippen molar-refractivity contribution in [2.75, 3.05) is 38.2 Å². The lowest BCUT2D eigenvalue weighted by Crippen LogP contribution is -3.13. The fraction of sp³-hybridized carbons (Fsp3) is 0.368. The number of nitrogens with one attached hydrogen (secondary N) is 1. The second-order valence-corrected chi connectivity index (χ2v) is 7.12. The molecule has 1 N–H and O–H groups in total. The van der Waals surface area contributed by atoms with Crippen molar-refractivity contribution in [2.45, 2.75) is 13.5 Å². The summed E-state index contributed by atoms with van der Waals surface area (Å²) in [5, 5.41) is 0. The lowest BCUT2D eigenvalue weighted by atomic mass is 10.1. The van der Waals surface area contributed by atoms with E-state index in [0.717, 1.165) is 42.9 Å². The van der Waals surface area contributed by atoms with Crippen molar-refractivity contribution in [1.29, 1.82) is 0 Å². The summed E-state index contributed by atoms with van der Waals surface area (Å²) in [5.74, 6) is 0.988. The molecule has 0 aliphatic carbocycles. The number of methoxy groups -OCH3 is 1. The van der Waals surface area contributed by atoms with E-state index < -0.39 is 0 Å². The molecule has 23 heavy (non-hydrogen) atoms. The van der Waals surface area contributed by atoms with Crippen LogP contribution in [0.25, 0.3) is 0 Å². The molecule has 0 saturated carbocycles. The first-order valence-corrected chi connectivity index (χ1v) is 8.92. The highest BCUT2D eigenvalue weighted by atomic mass is 79.9. The highest BCUT2D eigenvalue weighted by Crippen LogP contribution is 2.22. The molecule has 0 unspecified atom stereocenters. The van der Waals surface area contributed by atoms with E-state index in [1.54, 1.807) is 12.0 Å². The average molecular weight is 376 g/mol. The van der Waals surface area contributed by atoms with Gasteiger partial charge in [-0.3, -0.25) is 0 Å². The maximum Gasteiger partial charge on any atom is 0.127 e. The van der Waals surface area contributed by atoms with Gasteiger partial charge in [-0.1, -0.05) is 33.6 Å². The fourth-order valence-electron chi connectivity index (χ4n) is 3.17. The third kappa shape index (κ3) is 4.06. The summed E-state index contributed by atoms with van der Waals surface area (Å²) >= 11 is 3.56. The summed E-state index contributed by atoms with van der Waals surface area (Å²) in [5.41, 5.74) is 3.94. The number of nitrogens with zero attached hydrogens (tertiary/aromatic N) is 1. The van der Waals surface area contributed by atoms with Gasteiger partial charge in [-0.2, -0.15) is 0 Å². The molecule has 0 atom stereocenters. The lowest BCUT2D eigenvalue weighted by molar-refractivity contribution is -0.914. The van der Waals surface area contributed by atoms with Crippen LogP contribution in [0.15, 0.2) is 46.9 Å². The van der Waals surface area contributed by atoms with Gasteiger partial charge in [0.25, 0.3) is 0 Å². The van der Waals surface area contributed by atoms with Crippen LogP contribution in [0.1, 0.15) is 11.1 Å². The third-order valence-electron chi connectivity index (χ3n) is 4.55. The predicted molar refractivity (Wildman–Crippen MR) is 98.5 cm³/mol. The van der Waals surface area contributed by atoms with Gasteiger partial charge in [0, 0.05) is 15.7 Å². The maximum atomic E-state index is 5.50. The Hall–Kier alpha value is -1.52. The van der Waals surface area contributed by atoms with E-state index in [4.69, 9.17) is 4.74 Å². The number of quaternary nitrogens is 1. The van der Waals surface area contributed by atoms with E-state index in [2.05, 4.69) is 58.1 Å². The topological polar surface area (TPSA) is 16.9 Å². The molecule has 1 heterocycles. The lowest BCUT2D eigenvalue weighted by Gasteiger charge is -2.34. The Balaban J connectivity index is 1.61. The normalized spacial score (nSPS) is 15.7. The van der Waals surface area contributed by atoms with Crippen LogP contribution in [-0.2, 0) is 6.54 Å². The minimum Gasteiger partial charge on any atom is -0.496 e. The van der Waals surface area contributed by atoms with Crippen LogP contribution in [-0.4, -0.2) is 33.3 Å². The highest BCUT2D eigenvalue weighted by molar-refractivity contribution is 9.10. The SMILES string of the molecule is COc1ccc(Br)cc1C[NH+]1CCN(c2ccc(C)cc2)CC1. The van der Waals surface area contributed by atoms with E-state index >= 15 is 0 Å². The summed E-state index contributed by atoms with van der Waals surface area (Å²) in [4.78, 5) is 4.10. The number of halogens is 1. The molecule has 0 spiro atoms. The van der Waals surface area contributed by atoms with Crippen molar-refractivity contribution in [3.8, 4) is 5.75 Å². The molecule has 122 valence electrons. The van der Waals surface area contributed by atoms with Gasteiger partial charge in [-0.25, -0.2) is 0 Å². The van der Waals surface area contributed by atoms with Crippen LogP contribution in [0.2, 0.25) is 0 Å². The minimum absolute atomic E-state index is 0.988. The van der Waals surface area contributed by atoms with Crippen LogP contribution in [0.5, 0.6) is 5.75 Å². The zero-order valence-corrected chi connectivity index (χ0v) is 15.4. The highest BCUT2D eigenvalue weighted by Gasteiger charge is 2.21. The molecule has 0 bridgehead atoms. The molecule has 0 amide bonds.